The molecule has 7 atom stereocenters. The molecule has 0 saturated heterocycles. The van der Waals surface area contributed by atoms with Crippen LogP contribution in [0.2, 0.25) is 0 Å². The zero-order valence-electron chi connectivity index (χ0n) is 13.3. The van der Waals surface area contributed by atoms with Crippen LogP contribution in [-0.2, 0) is 4.79 Å². The highest BCUT2D eigenvalue weighted by Gasteiger charge is 2.59. The van der Waals surface area contributed by atoms with E-state index in [1.807, 2.05) is 6.08 Å². The fourth-order valence-electron chi connectivity index (χ4n) is 6.56. The molecule has 0 heterocycles. The maximum Gasteiger partial charge on any atom is 0.139 e. The van der Waals surface area contributed by atoms with Gasteiger partial charge in [-0.15, -0.1) is 0 Å². The van der Waals surface area contributed by atoms with Crippen molar-refractivity contribution in [1.82, 2.24) is 0 Å². The van der Waals surface area contributed by atoms with Crippen LogP contribution in [0.25, 0.3) is 0 Å². The van der Waals surface area contributed by atoms with Crippen LogP contribution in [0.4, 0.5) is 0 Å². The number of allylic oxidation sites excluding steroid dienone is 1. The Morgan fingerprint density at radius 3 is 2.76 bits per heavy atom. The quantitative estimate of drug-likeness (QED) is 0.690. The molecule has 2 heteroatoms. The molecule has 3 saturated carbocycles. The van der Waals surface area contributed by atoms with Crippen LogP contribution in [0.3, 0.4) is 0 Å². The lowest BCUT2D eigenvalue weighted by Crippen LogP contribution is -2.52. The van der Waals surface area contributed by atoms with Crippen molar-refractivity contribution in [2.75, 3.05) is 0 Å². The van der Waals surface area contributed by atoms with Gasteiger partial charge in [0, 0.05) is 11.8 Å². The van der Waals surface area contributed by atoms with E-state index in [-0.39, 0.29) is 16.9 Å². The summed E-state index contributed by atoms with van der Waals surface area (Å²) in [6, 6.07) is 0. The molecule has 0 aromatic rings. The Balaban J connectivity index is 1.68. The topological polar surface area (TPSA) is 37.3 Å². The summed E-state index contributed by atoms with van der Waals surface area (Å²) in [5.41, 5.74) is 0.247. The van der Waals surface area contributed by atoms with Gasteiger partial charge in [0.05, 0.1) is 6.10 Å². The van der Waals surface area contributed by atoms with E-state index in [0.29, 0.717) is 17.6 Å². The van der Waals surface area contributed by atoms with Gasteiger partial charge in [0.1, 0.15) is 5.78 Å². The average Bonchev–Trinajstić information content (AvgIpc) is 2.76. The number of aliphatic hydroxyl groups excluding tert-OH is 1. The SMILES string of the molecule is C[C@]12C=C[C@H](O)C[C@@H]1CC[C@@H]1[C@H]2CC[C@]2(C)C(=O)CC[C@H]12. The molecule has 3 fully saturated rings. The molecule has 116 valence electrons. The first-order valence-electron chi connectivity index (χ1n) is 8.86. The molecule has 1 N–H and O–H groups in total. The van der Waals surface area contributed by atoms with Crippen LogP contribution in [0, 0.1) is 34.5 Å². The van der Waals surface area contributed by atoms with Gasteiger partial charge in [0.25, 0.3) is 0 Å². The minimum Gasteiger partial charge on any atom is -0.389 e. The zero-order chi connectivity index (χ0) is 14.8. The highest BCUT2D eigenvalue weighted by Crippen LogP contribution is 2.64. The van der Waals surface area contributed by atoms with Crippen LogP contribution in [-0.4, -0.2) is 17.0 Å². The van der Waals surface area contributed by atoms with Crippen LogP contribution in [0.5, 0.6) is 0 Å². The van der Waals surface area contributed by atoms with E-state index in [2.05, 4.69) is 19.9 Å². The zero-order valence-corrected chi connectivity index (χ0v) is 13.3. The number of ketones is 1. The maximum atomic E-state index is 12.4. The number of carbonyl (C=O) groups excluding carboxylic acids is 1. The van der Waals surface area contributed by atoms with Crippen molar-refractivity contribution in [1.29, 1.82) is 0 Å². The van der Waals surface area contributed by atoms with Gasteiger partial charge in [0.2, 0.25) is 0 Å². The number of rotatable bonds is 0. The molecule has 4 rings (SSSR count). The van der Waals surface area contributed by atoms with Gasteiger partial charge in [-0.1, -0.05) is 26.0 Å². The average molecular weight is 288 g/mol. The molecule has 0 amide bonds. The Bertz CT molecular complexity index is 496. The van der Waals surface area contributed by atoms with Crippen molar-refractivity contribution >= 4 is 5.78 Å². The Morgan fingerprint density at radius 2 is 1.95 bits per heavy atom. The van der Waals surface area contributed by atoms with Gasteiger partial charge in [-0.25, -0.2) is 0 Å². The van der Waals surface area contributed by atoms with E-state index < -0.39 is 0 Å². The molecule has 0 aromatic carbocycles. The smallest absolute Gasteiger partial charge is 0.139 e. The predicted molar refractivity (Wildman–Crippen MR) is 82.6 cm³/mol. The maximum absolute atomic E-state index is 12.4. The van der Waals surface area contributed by atoms with E-state index in [1.54, 1.807) is 0 Å². The Hall–Kier alpha value is -0.630. The summed E-state index contributed by atoms with van der Waals surface area (Å²) in [6.07, 6.45) is 11.8. The lowest BCUT2D eigenvalue weighted by molar-refractivity contribution is -0.134. The summed E-state index contributed by atoms with van der Waals surface area (Å²) < 4.78 is 0. The molecular weight excluding hydrogens is 260 g/mol. The van der Waals surface area contributed by atoms with Gasteiger partial charge in [-0.05, 0) is 67.6 Å². The van der Waals surface area contributed by atoms with Crippen molar-refractivity contribution in [3.63, 3.8) is 0 Å². The number of aliphatic hydroxyl groups is 1. The molecular formula is C19H28O2. The summed E-state index contributed by atoms with van der Waals surface area (Å²) in [5, 5.41) is 9.95. The fraction of sp³-hybridized carbons (Fsp3) is 0.842. The third kappa shape index (κ3) is 1.78. The lowest BCUT2D eigenvalue weighted by Gasteiger charge is -2.58. The Kier molecular flexibility index (Phi) is 2.96. The largest absolute Gasteiger partial charge is 0.389 e. The number of Topliss-reactive ketones (excluding diaryl/α,β-unsaturated/α-hetero) is 1. The third-order valence-corrected chi connectivity index (χ3v) is 7.88. The first-order valence-corrected chi connectivity index (χ1v) is 8.86. The highest BCUT2D eigenvalue weighted by atomic mass is 16.3. The van der Waals surface area contributed by atoms with Crippen molar-refractivity contribution in [3.05, 3.63) is 12.2 Å². The van der Waals surface area contributed by atoms with Crippen LogP contribution in [0.15, 0.2) is 12.2 Å². The summed E-state index contributed by atoms with van der Waals surface area (Å²) >= 11 is 0. The molecule has 0 aromatic heterocycles. The predicted octanol–water partition coefficient (Wildman–Crippen LogP) is 3.74. The molecule has 0 radical (unpaired) electrons. The van der Waals surface area contributed by atoms with Crippen molar-refractivity contribution in [3.8, 4) is 0 Å². The van der Waals surface area contributed by atoms with Crippen molar-refractivity contribution in [2.24, 2.45) is 34.5 Å². The Labute approximate surface area is 128 Å². The second-order valence-electron chi connectivity index (χ2n) is 8.60. The standard InChI is InChI=1S/C19H28O2/c1-18-9-7-13(20)11-12(18)3-4-14-15-5-6-17(21)19(15,2)10-8-16(14)18/h7,9,12-16,20H,3-6,8,10-11H2,1-2H3/t12-,13-,14-,15+,16+,18-,19-/m0/s1. The van der Waals surface area contributed by atoms with E-state index in [4.69, 9.17) is 0 Å². The number of carbonyl (C=O) groups is 1. The van der Waals surface area contributed by atoms with E-state index in [1.165, 1.54) is 19.3 Å². The van der Waals surface area contributed by atoms with E-state index in [0.717, 1.165) is 37.5 Å². The monoisotopic (exact) mass is 288 g/mol. The second-order valence-corrected chi connectivity index (χ2v) is 8.60. The molecule has 2 nitrogen and oxygen atoms in total. The van der Waals surface area contributed by atoms with Crippen LogP contribution >= 0.6 is 0 Å². The number of hydrogen-bond donors (Lipinski definition) is 1. The molecule has 4 aliphatic carbocycles. The summed E-state index contributed by atoms with van der Waals surface area (Å²) in [6.45, 7) is 4.68. The van der Waals surface area contributed by atoms with Crippen molar-refractivity contribution < 1.29 is 9.90 Å². The number of hydrogen-bond acceptors (Lipinski definition) is 2. The lowest BCUT2D eigenvalue weighted by atomic mass is 9.46. The second kappa shape index (κ2) is 4.44. The molecule has 0 aliphatic heterocycles. The molecule has 0 bridgehead atoms. The van der Waals surface area contributed by atoms with Crippen molar-refractivity contribution in [2.45, 2.75) is 64.9 Å². The van der Waals surface area contributed by atoms with E-state index in [9.17, 15) is 9.90 Å². The Morgan fingerprint density at radius 1 is 1.14 bits per heavy atom. The van der Waals surface area contributed by atoms with E-state index >= 15 is 0 Å². The molecule has 0 spiro atoms. The number of fused-ring (bicyclic) bond motifs is 5. The minimum atomic E-state index is -0.235. The highest BCUT2D eigenvalue weighted by molar-refractivity contribution is 5.87. The summed E-state index contributed by atoms with van der Waals surface area (Å²) in [4.78, 5) is 12.4. The molecule has 21 heavy (non-hydrogen) atoms. The van der Waals surface area contributed by atoms with Crippen LogP contribution in [0.1, 0.15) is 58.8 Å². The third-order valence-electron chi connectivity index (χ3n) is 7.88. The van der Waals surface area contributed by atoms with Gasteiger partial charge in [0.15, 0.2) is 0 Å². The van der Waals surface area contributed by atoms with Gasteiger partial charge < -0.3 is 5.11 Å². The normalized spacial score (nSPS) is 55.8. The molecule has 0 unspecified atom stereocenters. The van der Waals surface area contributed by atoms with Gasteiger partial charge >= 0.3 is 0 Å². The first kappa shape index (κ1) is 14.0. The van der Waals surface area contributed by atoms with Gasteiger partial charge in [-0.2, -0.15) is 0 Å². The fourth-order valence-corrected chi connectivity index (χ4v) is 6.56. The summed E-state index contributed by atoms with van der Waals surface area (Å²) in [5.74, 6) is 3.26. The first-order chi connectivity index (χ1) is 9.95. The summed E-state index contributed by atoms with van der Waals surface area (Å²) in [7, 11) is 0. The minimum absolute atomic E-state index is 0.0116. The molecule has 4 aliphatic rings. The van der Waals surface area contributed by atoms with Gasteiger partial charge in [-0.3, -0.25) is 4.79 Å². The van der Waals surface area contributed by atoms with Crippen LogP contribution < -0.4 is 0 Å².